The fourth-order valence-electron chi connectivity index (χ4n) is 1.27. The van der Waals surface area contributed by atoms with Crippen molar-refractivity contribution in [2.45, 2.75) is 0 Å². The molecule has 17 heavy (non-hydrogen) atoms. The first-order valence-corrected chi connectivity index (χ1v) is 8.78. The lowest BCUT2D eigenvalue weighted by atomic mass is 10.3. The number of anilines is 2. The van der Waals surface area contributed by atoms with Gasteiger partial charge in [-0.25, -0.2) is 16.8 Å². The van der Waals surface area contributed by atoms with Crippen molar-refractivity contribution in [1.29, 1.82) is 0 Å². The van der Waals surface area contributed by atoms with Crippen LogP contribution in [0.2, 0.25) is 0 Å². The zero-order chi connectivity index (χ0) is 13.4. The molecule has 0 spiro atoms. The maximum absolute atomic E-state index is 11.5. The summed E-state index contributed by atoms with van der Waals surface area (Å²) in [5, 5.41) is 0. The van der Waals surface area contributed by atoms with Crippen molar-refractivity contribution in [2.24, 2.45) is 0 Å². The largest absolute Gasteiger partial charge is 0.399 e. The highest BCUT2D eigenvalue weighted by Crippen LogP contribution is 2.31. The Hall–Kier alpha value is -0.800. The van der Waals surface area contributed by atoms with Gasteiger partial charge < -0.3 is 5.73 Å². The van der Waals surface area contributed by atoms with Crippen molar-refractivity contribution in [3.05, 3.63) is 22.7 Å². The van der Waals surface area contributed by atoms with Crippen LogP contribution < -0.4 is 9.44 Å². The molecule has 0 unspecified atom stereocenters. The van der Waals surface area contributed by atoms with Crippen molar-refractivity contribution in [1.82, 2.24) is 0 Å². The van der Waals surface area contributed by atoms with Crippen LogP contribution in [-0.4, -0.2) is 29.3 Å². The van der Waals surface area contributed by atoms with Crippen molar-refractivity contribution < 1.29 is 16.8 Å². The molecule has 0 fully saturated rings. The number of nitrogen functional groups attached to an aromatic ring is 1. The van der Waals surface area contributed by atoms with Crippen LogP contribution >= 0.6 is 15.9 Å². The van der Waals surface area contributed by atoms with Gasteiger partial charge in [0.25, 0.3) is 0 Å². The lowest BCUT2D eigenvalue weighted by molar-refractivity contribution is 0.590. The summed E-state index contributed by atoms with van der Waals surface area (Å²) in [6, 6.07) is 4.17. The van der Waals surface area contributed by atoms with E-state index in [1.807, 2.05) is 0 Å². The molecular formula is C8H11BrN2O4S2. The second-order valence-corrected chi connectivity index (χ2v) is 8.18. The van der Waals surface area contributed by atoms with Crippen LogP contribution in [-0.2, 0) is 20.0 Å². The predicted octanol–water partition coefficient (Wildman–Crippen LogP) is 0.757. The third kappa shape index (κ3) is 3.33. The van der Waals surface area contributed by atoms with Crippen molar-refractivity contribution in [2.75, 3.05) is 22.0 Å². The summed E-state index contributed by atoms with van der Waals surface area (Å²) >= 11 is 3.08. The van der Waals surface area contributed by atoms with Crippen LogP contribution in [0.3, 0.4) is 0 Å². The van der Waals surface area contributed by atoms with Crippen LogP contribution in [0, 0.1) is 0 Å². The Morgan fingerprint density at radius 3 is 1.94 bits per heavy atom. The summed E-state index contributed by atoms with van der Waals surface area (Å²) in [5.41, 5.74) is 5.89. The van der Waals surface area contributed by atoms with Gasteiger partial charge in [-0.2, -0.15) is 3.71 Å². The molecular weight excluding hydrogens is 332 g/mol. The summed E-state index contributed by atoms with van der Waals surface area (Å²) in [6.45, 7) is 0. The first-order valence-electron chi connectivity index (χ1n) is 4.29. The molecule has 9 heteroatoms. The highest BCUT2D eigenvalue weighted by atomic mass is 79.9. The maximum Gasteiger partial charge on any atom is 0.245 e. The molecule has 6 nitrogen and oxygen atoms in total. The summed E-state index contributed by atoms with van der Waals surface area (Å²) in [6.07, 6.45) is 1.63. The van der Waals surface area contributed by atoms with E-state index in [-0.39, 0.29) is 10.2 Å². The Kier molecular flexibility index (Phi) is 3.75. The van der Waals surface area contributed by atoms with Gasteiger partial charge >= 0.3 is 0 Å². The fourth-order valence-corrected chi connectivity index (χ4v) is 5.08. The Labute approximate surface area is 109 Å². The van der Waals surface area contributed by atoms with Gasteiger partial charge in [0.2, 0.25) is 20.0 Å². The van der Waals surface area contributed by atoms with Crippen LogP contribution in [0.1, 0.15) is 0 Å². The number of nitrogens with zero attached hydrogens (tertiary/aromatic N) is 1. The average Bonchev–Trinajstić information content (AvgIpc) is 2.04. The normalized spacial score (nSPS) is 12.4. The van der Waals surface area contributed by atoms with Crippen molar-refractivity contribution >= 4 is 47.4 Å². The van der Waals surface area contributed by atoms with Gasteiger partial charge in [0.15, 0.2) is 0 Å². The summed E-state index contributed by atoms with van der Waals surface area (Å²) < 4.78 is 46.7. The van der Waals surface area contributed by atoms with Crippen LogP contribution in [0.5, 0.6) is 0 Å². The Morgan fingerprint density at radius 1 is 1.12 bits per heavy atom. The van der Waals surface area contributed by atoms with E-state index in [2.05, 4.69) is 15.9 Å². The molecule has 0 aromatic heterocycles. The van der Waals surface area contributed by atoms with Gasteiger partial charge in [0, 0.05) is 10.2 Å². The van der Waals surface area contributed by atoms with E-state index >= 15 is 0 Å². The molecule has 0 heterocycles. The minimum Gasteiger partial charge on any atom is -0.399 e. The summed E-state index contributed by atoms with van der Waals surface area (Å²) in [7, 11) is -7.87. The third-order valence-electron chi connectivity index (χ3n) is 1.77. The van der Waals surface area contributed by atoms with E-state index in [0.717, 1.165) is 12.5 Å². The van der Waals surface area contributed by atoms with Gasteiger partial charge in [-0.05, 0) is 34.1 Å². The van der Waals surface area contributed by atoms with E-state index in [0.29, 0.717) is 9.40 Å². The fraction of sp³-hybridized carbons (Fsp3) is 0.250. The number of halogens is 1. The van der Waals surface area contributed by atoms with Crippen LogP contribution in [0.15, 0.2) is 22.7 Å². The minimum absolute atomic E-state index is 0.00389. The molecule has 0 aliphatic carbocycles. The van der Waals surface area contributed by atoms with Gasteiger partial charge in [0.05, 0.1) is 18.2 Å². The smallest absolute Gasteiger partial charge is 0.245 e. The molecule has 96 valence electrons. The zero-order valence-electron chi connectivity index (χ0n) is 9.08. The molecule has 1 aromatic carbocycles. The van der Waals surface area contributed by atoms with E-state index in [4.69, 9.17) is 5.73 Å². The number of rotatable bonds is 3. The SMILES string of the molecule is CS(=O)(=O)N(c1ccc(N)cc1Br)S(C)(=O)=O. The van der Waals surface area contributed by atoms with Crippen LogP contribution in [0.4, 0.5) is 11.4 Å². The first-order chi connectivity index (χ1) is 7.53. The monoisotopic (exact) mass is 342 g/mol. The topological polar surface area (TPSA) is 97.5 Å². The van der Waals surface area contributed by atoms with Crippen molar-refractivity contribution in [3.63, 3.8) is 0 Å². The minimum atomic E-state index is -3.94. The van der Waals surface area contributed by atoms with Gasteiger partial charge in [-0.3, -0.25) is 0 Å². The summed E-state index contributed by atoms with van der Waals surface area (Å²) in [5.74, 6) is 0. The number of benzene rings is 1. The highest BCUT2D eigenvalue weighted by Gasteiger charge is 2.28. The Morgan fingerprint density at radius 2 is 1.59 bits per heavy atom. The van der Waals surface area contributed by atoms with Gasteiger partial charge in [0.1, 0.15) is 0 Å². The number of sulfonamides is 2. The molecule has 0 amide bonds. The number of hydrogen-bond acceptors (Lipinski definition) is 5. The second kappa shape index (κ2) is 4.46. The maximum atomic E-state index is 11.5. The molecule has 0 aliphatic heterocycles. The number of nitrogens with two attached hydrogens (primary N) is 1. The molecule has 1 aromatic rings. The second-order valence-electron chi connectivity index (χ2n) is 3.43. The highest BCUT2D eigenvalue weighted by molar-refractivity contribution is 9.10. The predicted molar refractivity (Wildman–Crippen MR) is 70.7 cm³/mol. The Balaban J connectivity index is 3.56. The lowest BCUT2D eigenvalue weighted by Gasteiger charge is -2.21. The van der Waals surface area contributed by atoms with E-state index in [9.17, 15) is 16.8 Å². The number of hydrogen-bond donors (Lipinski definition) is 1. The first kappa shape index (κ1) is 14.3. The van der Waals surface area contributed by atoms with Crippen molar-refractivity contribution in [3.8, 4) is 0 Å². The molecule has 2 N–H and O–H groups in total. The molecule has 0 radical (unpaired) electrons. The molecule has 0 bridgehead atoms. The molecule has 0 atom stereocenters. The molecule has 0 saturated carbocycles. The van der Waals surface area contributed by atoms with E-state index in [1.165, 1.54) is 18.2 Å². The van der Waals surface area contributed by atoms with Gasteiger partial charge in [-0.15, -0.1) is 0 Å². The van der Waals surface area contributed by atoms with Crippen LogP contribution in [0.25, 0.3) is 0 Å². The quantitative estimate of drug-likeness (QED) is 0.817. The average molecular weight is 343 g/mol. The molecule has 0 saturated heterocycles. The van der Waals surface area contributed by atoms with E-state index < -0.39 is 20.0 Å². The van der Waals surface area contributed by atoms with Gasteiger partial charge in [-0.1, -0.05) is 0 Å². The third-order valence-corrected chi connectivity index (χ3v) is 5.63. The molecule has 1 rings (SSSR count). The van der Waals surface area contributed by atoms with E-state index in [1.54, 1.807) is 0 Å². The standard InChI is InChI=1S/C8H11BrN2O4S2/c1-16(12,13)11(17(2,14)15)8-4-3-6(10)5-7(8)9/h3-5H,10H2,1-2H3. The zero-order valence-corrected chi connectivity index (χ0v) is 12.3. The summed E-state index contributed by atoms with van der Waals surface area (Å²) in [4.78, 5) is 0. The Bertz CT molecular complexity index is 607. The lowest BCUT2D eigenvalue weighted by Crippen LogP contribution is -2.35. The molecule has 0 aliphatic rings.